The Balaban J connectivity index is 1.35. The second-order valence-corrected chi connectivity index (χ2v) is 7.73. The predicted molar refractivity (Wildman–Crippen MR) is 105 cm³/mol. The lowest BCUT2D eigenvalue weighted by molar-refractivity contribution is 0.0622. The Labute approximate surface area is 161 Å². The van der Waals surface area contributed by atoms with Crippen LogP contribution < -0.4 is 0 Å². The molecule has 0 spiro atoms. The number of hydrogen-bond donors (Lipinski definition) is 1. The van der Waals surface area contributed by atoms with Crippen LogP contribution in [0.15, 0.2) is 47.8 Å². The van der Waals surface area contributed by atoms with Crippen LogP contribution in [-0.2, 0) is 6.54 Å². The van der Waals surface area contributed by atoms with Crippen molar-refractivity contribution in [1.82, 2.24) is 20.0 Å². The number of hydrogen-bond acceptors (Lipinski definition) is 4. The first-order valence-electron chi connectivity index (χ1n) is 8.54. The summed E-state index contributed by atoms with van der Waals surface area (Å²) in [6.07, 6.45) is 0. The normalized spacial score (nSPS) is 15.3. The van der Waals surface area contributed by atoms with E-state index in [2.05, 4.69) is 21.2 Å². The van der Waals surface area contributed by atoms with Gasteiger partial charge >= 0.3 is 0 Å². The van der Waals surface area contributed by atoms with Crippen molar-refractivity contribution >= 4 is 28.8 Å². The first-order chi connectivity index (χ1) is 12.7. The minimum absolute atomic E-state index is 0.00791. The quantitative estimate of drug-likeness (QED) is 0.743. The van der Waals surface area contributed by atoms with E-state index in [0.29, 0.717) is 18.8 Å². The third-order valence-electron chi connectivity index (χ3n) is 4.54. The lowest BCUT2D eigenvalue weighted by Gasteiger charge is -2.34. The van der Waals surface area contributed by atoms with Gasteiger partial charge in [-0.15, -0.1) is 11.3 Å². The number of amides is 1. The van der Waals surface area contributed by atoms with E-state index in [9.17, 15) is 4.79 Å². The molecule has 0 bridgehead atoms. The molecule has 1 aliphatic heterocycles. The van der Waals surface area contributed by atoms with Crippen LogP contribution in [0.3, 0.4) is 0 Å². The van der Waals surface area contributed by atoms with E-state index in [1.54, 1.807) is 11.3 Å². The standard InChI is InChI=1S/C19H19ClN4OS/c20-15-4-1-3-14(11-15)13-23-6-8-24(9-7-23)19(25)17-12-16(21-22-17)18-5-2-10-26-18/h1-5,10-12H,6-9,13H2,(H,21,22). The number of carbonyl (C=O) groups is 1. The maximum atomic E-state index is 12.7. The van der Waals surface area contributed by atoms with Gasteiger partial charge in [-0.05, 0) is 35.2 Å². The second-order valence-electron chi connectivity index (χ2n) is 6.34. The maximum absolute atomic E-state index is 12.7. The number of benzene rings is 1. The molecule has 1 amide bonds. The molecular formula is C19H19ClN4OS. The Morgan fingerprint density at radius 1 is 1.15 bits per heavy atom. The van der Waals surface area contributed by atoms with Crippen LogP contribution >= 0.6 is 22.9 Å². The molecule has 1 aromatic carbocycles. The van der Waals surface area contributed by atoms with Crippen molar-refractivity contribution in [1.29, 1.82) is 0 Å². The molecular weight excluding hydrogens is 368 g/mol. The van der Waals surface area contributed by atoms with Crippen LogP contribution in [0.4, 0.5) is 0 Å². The summed E-state index contributed by atoms with van der Waals surface area (Å²) in [5.74, 6) is -0.00791. The third kappa shape index (κ3) is 3.82. The second kappa shape index (κ2) is 7.61. The summed E-state index contributed by atoms with van der Waals surface area (Å²) in [4.78, 5) is 18.0. The summed E-state index contributed by atoms with van der Waals surface area (Å²) >= 11 is 7.68. The molecule has 1 aliphatic rings. The van der Waals surface area contributed by atoms with Crippen LogP contribution in [0, 0.1) is 0 Å². The summed E-state index contributed by atoms with van der Waals surface area (Å²) in [5, 5.41) is 9.94. The molecule has 7 heteroatoms. The van der Waals surface area contributed by atoms with E-state index in [4.69, 9.17) is 11.6 Å². The minimum atomic E-state index is -0.00791. The van der Waals surface area contributed by atoms with Crippen molar-refractivity contribution in [3.63, 3.8) is 0 Å². The first-order valence-corrected chi connectivity index (χ1v) is 9.80. The van der Waals surface area contributed by atoms with Gasteiger partial charge in [-0.25, -0.2) is 0 Å². The van der Waals surface area contributed by atoms with Gasteiger partial charge in [0.2, 0.25) is 0 Å². The average Bonchev–Trinajstić information content (AvgIpc) is 3.33. The molecule has 134 valence electrons. The number of nitrogens with zero attached hydrogens (tertiary/aromatic N) is 3. The summed E-state index contributed by atoms with van der Waals surface area (Å²) in [6.45, 7) is 3.97. The zero-order chi connectivity index (χ0) is 17.9. The number of aromatic nitrogens is 2. The highest BCUT2D eigenvalue weighted by atomic mass is 35.5. The number of halogens is 1. The molecule has 0 atom stereocenters. The van der Waals surface area contributed by atoms with Crippen LogP contribution in [-0.4, -0.2) is 52.1 Å². The monoisotopic (exact) mass is 386 g/mol. The van der Waals surface area contributed by atoms with Crippen molar-refractivity contribution in [2.24, 2.45) is 0 Å². The Hall–Kier alpha value is -2.15. The Bertz CT molecular complexity index is 885. The summed E-state index contributed by atoms with van der Waals surface area (Å²) in [5.41, 5.74) is 2.57. The Kier molecular flexibility index (Phi) is 5.06. The fourth-order valence-electron chi connectivity index (χ4n) is 3.15. The minimum Gasteiger partial charge on any atom is -0.335 e. The van der Waals surface area contributed by atoms with Gasteiger partial charge in [-0.3, -0.25) is 14.8 Å². The van der Waals surface area contributed by atoms with Gasteiger partial charge in [0.05, 0.1) is 10.6 Å². The van der Waals surface area contributed by atoms with Gasteiger partial charge in [-0.2, -0.15) is 5.10 Å². The Morgan fingerprint density at radius 2 is 2.00 bits per heavy atom. The lowest BCUT2D eigenvalue weighted by Crippen LogP contribution is -2.48. The fourth-order valence-corrected chi connectivity index (χ4v) is 4.06. The van der Waals surface area contributed by atoms with E-state index >= 15 is 0 Å². The summed E-state index contributed by atoms with van der Waals surface area (Å²) < 4.78 is 0. The first kappa shape index (κ1) is 17.3. The molecule has 0 aliphatic carbocycles. The largest absolute Gasteiger partial charge is 0.335 e. The summed E-state index contributed by atoms with van der Waals surface area (Å²) in [6, 6.07) is 13.8. The molecule has 3 aromatic rings. The SMILES string of the molecule is O=C(c1cc(-c2cccs2)[nH]n1)N1CCN(Cc2cccc(Cl)c2)CC1. The molecule has 0 unspecified atom stereocenters. The van der Waals surface area contributed by atoms with E-state index in [0.717, 1.165) is 35.2 Å². The fraction of sp³-hybridized carbons (Fsp3) is 0.263. The highest BCUT2D eigenvalue weighted by molar-refractivity contribution is 7.13. The van der Waals surface area contributed by atoms with E-state index < -0.39 is 0 Å². The van der Waals surface area contributed by atoms with Crippen molar-refractivity contribution in [2.45, 2.75) is 6.54 Å². The van der Waals surface area contributed by atoms with E-state index in [-0.39, 0.29) is 5.91 Å². The van der Waals surface area contributed by atoms with Crippen LogP contribution in [0.1, 0.15) is 16.1 Å². The zero-order valence-corrected chi connectivity index (χ0v) is 15.8. The van der Waals surface area contributed by atoms with Gasteiger partial charge in [0.1, 0.15) is 0 Å². The van der Waals surface area contributed by atoms with E-state index in [1.165, 1.54) is 5.56 Å². The van der Waals surface area contributed by atoms with Gasteiger partial charge < -0.3 is 4.90 Å². The molecule has 0 saturated carbocycles. The van der Waals surface area contributed by atoms with Crippen molar-refractivity contribution in [3.8, 4) is 10.6 Å². The van der Waals surface area contributed by atoms with Crippen molar-refractivity contribution in [2.75, 3.05) is 26.2 Å². The molecule has 4 rings (SSSR count). The number of thiophene rings is 1. The molecule has 2 aromatic heterocycles. The van der Waals surface area contributed by atoms with Gasteiger partial charge in [0.15, 0.2) is 5.69 Å². The number of rotatable bonds is 4. The topological polar surface area (TPSA) is 52.2 Å². The Morgan fingerprint density at radius 3 is 2.73 bits per heavy atom. The van der Waals surface area contributed by atoms with Crippen LogP contribution in [0.25, 0.3) is 10.6 Å². The molecule has 5 nitrogen and oxygen atoms in total. The smallest absolute Gasteiger partial charge is 0.274 e. The molecule has 3 heterocycles. The van der Waals surface area contributed by atoms with Crippen molar-refractivity contribution < 1.29 is 4.79 Å². The number of carbonyl (C=O) groups excluding carboxylic acids is 1. The van der Waals surface area contributed by atoms with Crippen molar-refractivity contribution in [3.05, 3.63) is 64.1 Å². The number of aromatic amines is 1. The van der Waals surface area contributed by atoms with E-state index in [1.807, 2.05) is 46.7 Å². The predicted octanol–water partition coefficient (Wildman–Crippen LogP) is 3.75. The average molecular weight is 387 g/mol. The lowest BCUT2D eigenvalue weighted by atomic mass is 10.2. The molecule has 1 saturated heterocycles. The van der Waals surface area contributed by atoms with Crippen LogP contribution in [0.5, 0.6) is 0 Å². The number of piperazine rings is 1. The molecule has 1 fully saturated rings. The number of H-pyrrole nitrogens is 1. The molecule has 1 N–H and O–H groups in total. The molecule has 26 heavy (non-hydrogen) atoms. The summed E-state index contributed by atoms with van der Waals surface area (Å²) in [7, 11) is 0. The zero-order valence-electron chi connectivity index (χ0n) is 14.2. The highest BCUT2D eigenvalue weighted by Crippen LogP contribution is 2.23. The third-order valence-corrected chi connectivity index (χ3v) is 5.68. The maximum Gasteiger partial charge on any atom is 0.274 e. The van der Waals surface area contributed by atoms with Gasteiger partial charge in [0, 0.05) is 37.7 Å². The van der Waals surface area contributed by atoms with Gasteiger partial charge in [0.25, 0.3) is 5.91 Å². The van der Waals surface area contributed by atoms with Gasteiger partial charge in [-0.1, -0.05) is 29.8 Å². The number of nitrogens with one attached hydrogen (secondary N) is 1. The highest BCUT2D eigenvalue weighted by Gasteiger charge is 2.24. The molecule has 0 radical (unpaired) electrons. The van der Waals surface area contributed by atoms with Crippen LogP contribution in [0.2, 0.25) is 5.02 Å².